The van der Waals surface area contributed by atoms with Crippen LogP contribution in [-0.4, -0.2) is 47.8 Å². The van der Waals surface area contributed by atoms with E-state index in [2.05, 4.69) is 21.2 Å². The summed E-state index contributed by atoms with van der Waals surface area (Å²) >= 11 is 4.02. The van der Waals surface area contributed by atoms with Crippen molar-refractivity contribution in [3.8, 4) is 11.5 Å². The Hall–Kier alpha value is -1.76. The zero-order chi connectivity index (χ0) is 22.9. The second-order valence-electron chi connectivity index (χ2n) is 10.1. The van der Waals surface area contributed by atoms with E-state index in [1.165, 1.54) is 19.3 Å². The van der Waals surface area contributed by atoms with Gasteiger partial charge in [-0.1, -0.05) is 15.9 Å². The predicted octanol–water partition coefficient (Wildman–Crippen LogP) is 5.00. The fraction of sp³-hybridized carbons (Fsp3) is 0.680. The van der Waals surface area contributed by atoms with Crippen molar-refractivity contribution < 1.29 is 19.1 Å². The Morgan fingerprint density at radius 1 is 1.09 bits per heavy atom. The molecule has 0 spiro atoms. The SMILES string of the molecule is CCOc1ccc(NC(=O)CN(C)C(=O)CC23C[C@H]4C[C@@H](CC(Br)(C4)C2)C3)cc1OCC. The van der Waals surface area contributed by atoms with Crippen LogP contribution in [0.2, 0.25) is 0 Å². The third kappa shape index (κ3) is 5.08. The first-order chi connectivity index (χ1) is 15.2. The van der Waals surface area contributed by atoms with Gasteiger partial charge < -0.3 is 19.7 Å². The molecule has 5 rings (SSSR count). The molecule has 1 aromatic rings. The van der Waals surface area contributed by atoms with E-state index in [-0.39, 0.29) is 28.1 Å². The summed E-state index contributed by atoms with van der Waals surface area (Å²) in [6, 6.07) is 5.35. The van der Waals surface area contributed by atoms with Crippen molar-refractivity contribution in [3.05, 3.63) is 18.2 Å². The molecule has 6 nitrogen and oxygen atoms in total. The Labute approximate surface area is 199 Å². The van der Waals surface area contributed by atoms with Crippen LogP contribution < -0.4 is 14.8 Å². The molecular formula is C25H35BrN2O4. The minimum absolute atomic E-state index is 0.0401. The van der Waals surface area contributed by atoms with Crippen LogP contribution in [0.15, 0.2) is 18.2 Å². The molecule has 2 atom stereocenters. The molecule has 4 aliphatic rings. The molecule has 0 aromatic heterocycles. The molecule has 0 unspecified atom stereocenters. The number of nitrogens with zero attached hydrogens (tertiary/aromatic N) is 1. The Morgan fingerprint density at radius 2 is 1.75 bits per heavy atom. The summed E-state index contributed by atoms with van der Waals surface area (Å²) in [5.74, 6) is 2.60. The van der Waals surface area contributed by atoms with Gasteiger partial charge >= 0.3 is 0 Å². The topological polar surface area (TPSA) is 67.9 Å². The first kappa shape index (κ1) is 23.4. The van der Waals surface area contributed by atoms with E-state index in [4.69, 9.17) is 9.47 Å². The molecule has 1 N–H and O–H groups in total. The summed E-state index contributed by atoms with van der Waals surface area (Å²) in [6.07, 6.45) is 7.80. The number of alkyl halides is 1. The van der Waals surface area contributed by atoms with Crippen molar-refractivity contribution >= 4 is 33.4 Å². The number of carbonyl (C=O) groups excluding carboxylic acids is 2. The smallest absolute Gasteiger partial charge is 0.243 e. The second-order valence-corrected chi connectivity index (χ2v) is 11.8. The van der Waals surface area contributed by atoms with E-state index < -0.39 is 0 Å². The predicted molar refractivity (Wildman–Crippen MR) is 128 cm³/mol. The first-order valence-corrected chi connectivity index (χ1v) is 12.6. The monoisotopic (exact) mass is 506 g/mol. The highest BCUT2D eigenvalue weighted by molar-refractivity contribution is 9.10. The van der Waals surface area contributed by atoms with Crippen LogP contribution in [0.4, 0.5) is 5.69 Å². The van der Waals surface area contributed by atoms with Gasteiger partial charge in [0.05, 0.1) is 19.8 Å². The van der Waals surface area contributed by atoms with Crippen LogP contribution in [0.3, 0.4) is 0 Å². The summed E-state index contributed by atoms with van der Waals surface area (Å²) in [6.45, 7) is 4.91. The van der Waals surface area contributed by atoms with Gasteiger partial charge in [0.1, 0.15) is 0 Å². The van der Waals surface area contributed by atoms with Gasteiger partial charge in [-0.15, -0.1) is 0 Å². The van der Waals surface area contributed by atoms with Crippen molar-refractivity contribution in [1.82, 2.24) is 4.90 Å². The standard InChI is InChI=1S/C25H35BrN2O4/c1-4-31-20-7-6-19(9-21(20)32-5-2)27-22(29)15-28(3)23(30)14-24-10-17-8-18(11-24)13-25(26,12-17)16-24/h6-7,9,17-18H,4-5,8,10-16H2,1-3H3,(H,27,29)/t17-,18-,24?,25?/m1/s1. The van der Waals surface area contributed by atoms with Gasteiger partial charge in [0.25, 0.3) is 0 Å². The van der Waals surface area contributed by atoms with Crippen molar-refractivity contribution in [1.29, 1.82) is 0 Å². The van der Waals surface area contributed by atoms with Gasteiger partial charge in [0, 0.05) is 29.5 Å². The Kier molecular flexibility index (Phi) is 6.76. The average molecular weight is 507 g/mol. The maximum atomic E-state index is 13.1. The normalized spacial score (nSPS) is 30.1. The largest absolute Gasteiger partial charge is 0.490 e. The molecule has 0 radical (unpaired) electrons. The highest BCUT2D eigenvalue weighted by Crippen LogP contribution is 2.65. The molecule has 4 saturated carbocycles. The van der Waals surface area contributed by atoms with Gasteiger partial charge in [-0.25, -0.2) is 0 Å². The molecule has 2 amide bonds. The minimum atomic E-state index is -0.213. The fourth-order valence-corrected chi connectivity index (χ4v) is 8.14. The second kappa shape index (κ2) is 9.24. The van der Waals surface area contributed by atoms with E-state index in [0.29, 0.717) is 36.8 Å². The van der Waals surface area contributed by atoms with Crippen molar-refractivity contribution in [2.45, 2.75) is 63.1 Å². The van der Waals surface area contributed by atoms with Crippen LogP contribution in [0.5, 0.6) is 11.5 Å². The molecule has 4 bridgehead atoms. The van der Waals surface area contributed by atoms with Crippen LogP contribution in [0, 0.1) is 17.3 Å². The number of rotatable bonds is 9. The lowest BCUT2D eigenvalue weighted by molar-refractivity contribution is -0.139. The van der Waals surface area contributed by atoms with Gasteiger partial charge in [0.15, 0.2) is 11.5 Å². The number of nitrogens with one attached hydrogen (secondary N) is 1. The Bertz CT molecular complexity index is 859. The van der Waals surface area contributed by atoms with Gasteiger partial charge in [-0.3, -0.25) is 9.59 Å². The van der Waals surface area contributed by atoms with Gasteiger partial charge in [0.2, 0.25) is 11.8 Å². The van der Waals surface area contributed by atoms with Crippen molar-refractivity contribution in [2.75, 3.05) is 32.1 Å². The number of amides is 2. The number of likely N-dealkylation sites (N-methyl/N-ethyl adjacent to an activating group) is 1. The lowest BCUT2D eigenvalue weighted by atomic mass is 9.48. The summed E-state index contributed by atoms with van der Waals surface area (Å²) in [5, 5.41) is 2.89. The molecular weight excluding hydrogens is 472 g/mol. The van der Waals surface area contributed by atoms with Crippen LogP contribution in [-0.2, 0) is 9.59 Å². The summed E-state index contributed by atoms with van der Waals surface area (Å²) in [4.78, 5) is 27.3. The van der Waals surface area contributed by atoms with Crippen LogP contribution in [0.25, 0.3) is 0 Å². The average Bonchev–Trinajstić information content (AvgIpc) is 2.68. The highest BCUT2D eigenvalue weighted by Gasteiger charge is 2.57. The maximum absolute atomic E-state index is 13.1. The van der Waals surface area contributed by atoms with Crippen molar-refractivity contribution in [2.24, 2.45) is 17.3 Å². The number of carbonyl (C=O) groups is 2. The molecule has 0 aliphatic heterocycles. The summed E-state index contributed by atoms with van der Waals surface area (Å²) in [7, 11) is 1.73. The molecule has 1 aromatic carbocycles. The minimum Gasteiger partial charge on any atom is -0.490 e. The van der Waals surface area contributed by atoms with Gasteiger partial charge in [-0.05, 0) is 81.8 Å². The number of benzene rings is 1. The lowest BCUT2D eigenvalue weighted by Gasteiger charge is -2.60. The van der Waals surface area contributed by atoms with Gasteiger partial charge in [-0.2, -0.15) is 0 Å². The fourth-order valence-electron chi connectivity index (χ4n) is 6.63. The number of halogens is 1. The third-order valence-electron chi connectivity index (χ3n) is 7.27. The number of hydrogen-bond donors (Lipinski definition) is 1. The zero-order valence-electron chi connectivity index (χ0n) is 19.4. The van der Waals surface area contributed by atoms with E-state index in [1.54, 1.807) is 30.1 Å². The van der Waals surface area contributed by atoms with E-state index in [0.717, 1.165) is 31.1 Å². The third-order valence-corrected chi connectivity index (χ3v) is 8.20. The number of ether oxygens (including phenoxy) is 2. The first-order valence-electron chi connectivity index (χ1n) is 11.9. The van der Waals surface area contributed by atoms with E-state index in [1.807, 2.05) is 13.8 Å². The molecule has 0 saturated heterocycles. The number of anilines is 1. The van der Waals surface area contributed by atoms with Crippen LogP contribution in [0.1, 0.15) is 58.8 Å². The maximum Gasteiger partial charge on any atom is 0.243 e. The highest BCUT2D eigenvalue weighted by atomic mass is 79.9. The van der Waals surface area contributed by atoms with E-state index in [9.17, 15) is 9.59 Å². The summed E-state index contributed by atoms with van der Waals surface area (Å²) < 4.78 is 11.4. The Balaban J connectivity index is 1.34. The number of hydrogen-bond acceptors (Lipinski definition) is 4. The van der Waals surface area contributed by atoms with Crippen molar-refractivity contribution in [3.63, 3.8) is 0 Å². The molecule has 32 heavy (non-hydrogen) atoms. The van der Waals surface area contributed by atoms with Crippen LogP contribution >= 0.6 is 15.9 Å². The molecule has 4 fully saturated rings. The Morgan fingerprint density at radius 3 is 2.38 bits per heavy atom. The zero-order valence-corrected chi connectivity index (χ0v) is 21.0. The molecule has 176 valence electrons. The lowest BCUT2D eigenvalue weighted by Crippen LogP contribution is -2.54. The quantitative estimate of drug-likeness (QED) is 0.478. The molecule has 4 aliphatic carbocycles. The summed E-state index contributed by atoms with van der Waals surface area (Å²) in [5.41, 5.74) is 0.738. The molecule has 0 heterocycles. The van der Waals surface area contributed by atoms with E-state index >= 15 is 0 Å². The molecule has 7 heteroatoms.